The molecule has 338 valence electrons. The second-order valence-corrected chi connectivity index (χ2v) is 18.8. The largest absolute Gasteiger partial charge is 0.457 e. The van der Waals surface area contributed by atoms with Gasteiger partial charge in [-0.2, -0.15) is 0 Å². The number of hydrogen-bond acceptors (Lipinski definition) is 5. The number of hydrogen-bond donors (Lipinski definition) is 0. The first-order chi connectivity index (χ1) is 35.7. The van der Waals surface area contributed by atoms with Crippen LogP contribution in [0, 0.1) is 0 Å². The highest BCUT2D eigenvalue weighted by atomic mass is 16.5. The summed E-state index contributed by atoms with van der Waals surface area (Å²) in [4.78, 5) is 4.66. The topological polar surface area (TPSA) is 42.0 Å². The molecule has 0 N–H and O–H groups in total. The van der Waals surface area contributed by atoms with Gasteiger partial charge in [0, 0.05) is 67.9 Å². The van der Waals surface area contributed by atoms with Gasteiger partial charge in [-0.1, -0.05) is 158 Å². The maximum atomic E-state index is 7.14. The first kappa shape index (κ1) is 40.3. The summed E-state index contributed by atoms with van der Waals surface area (Å²) >= 11 is 0. The predicted octanol–water partition coefficient (Wildman–Crippen LogP) is 18.6. The Morgan fingerprint density at radius 1 is 0.292 bits per heavy atom. The molecule has 13 aromatic rings. The van der Waals surface area contributed by atoms with Crippen LogP contribution in [0.5, 0.6) is 11.5 Å². The molecule has 1 spiro atoms. The van der Waals surface area contributed by atoms with Crippen LogP contribution in [0.4, 0.5) is 34.1 Å². The van der Waals surface area contributed by atoms with Crippen molar-refractivity contribution < 1.29 is 13.6 Å². The van der Waals surface area contributed by atoms with Gasteiger partial charge in [0.15, 0.2) is 0 Å². The molecule has 15 rings (SSSR count). The zero-order valence-corrected chi connectivity index (χ0v) is 38.9. The van der Waals surface area contributed by atoms with Crippen LogP contribution in [-0.2, 0) is 5.41 Å². The van der Waals surface area contributed by atoms with Crippen molar-refractivity contribution in [2.24, 2.45) is 0 Å². The van der Waals surface area contributed by atoms with E-state index in [2.05, 4.69) is 246 Å². The molecule has 0 radical (unpaired) electrons. The van der Waals surface area contributed by atoms with Gasteiger partial charge in [-0.25, -0.2) is 0 Å². The molecule has 0 saturated carbocycles. The van der Waals surface area contributed by atoms with Crippen molar-refractivity contribution in [1.82, 2.24) is 0 Å². The Balaban J connectivity index is 0.985. The van der Waals surface area contributed by atoms with E-state index in [1.54, 1.807) is 0 Å². The fourth-order valence-corrected chi connectivity index (χ4v) is 11.9. The SMILES string of the molecule is c1ccc(N(c2ccccc2)c2cccc(-c3cc(N(c4ccc5c(c4)Oc4ccccc4C54c5ccccc5-c5ccccc54)c4ccc5c(c4)oc4ccccc45)c4c(c3)oc3ccccc34)c2)cc1. The zero-order valence-electron chi connectivity index (χ0n) is 38.9. The summed E-state index contributed by atoms with van der Waals surface area (Å²) in [6.07, 6.45) is 0. The van der Waals surface area contributed by atoms with Gasteiger partial charge in [0.25, 0.3) is 0 Å². The van der Waals surface area contributed by atoms with Crippen LogP contribution in [0.2, 0.25) is 0 Å². The number of fused-ring (bicyclic) bond motifs is 15. The smallest absolute Gasteiger partial charge is 0.138 e. The van der Waals surface area contributed by atoms with E-state index in [9.17, 15) is 0 Å². The lowest BCUT2D eigenvalue weighted by Gasteiger charge is -2.40. The molecule has 72 heavy (non-hydrogen) atoms. The molecule has 3 heterocycles. The average Bonchev–Trinajstić information content (AvgIpc) is 4.11. The van der Waals surface area contributed by atoms with Crippen molar-refractivity contribution in [2.75, 3.05) is 9.80 Å². The molecule has 0 saturated heterocycles. The summed E-state index contributed by atoms with van der Waals surface area (Å²) in [7, 11) is 0. The lowest BCUT2D eigenvalue weighted by atomic mass is 9.66. The number of furan rings is 2. The Kier molecular flexibility index (Phi) is 8.80. The minimum atomic E-state index is -0.597. The molecule has 5 nitrogen and oxygen atoms in total. The molecule has 11 aromatic carbocycles. The molecule has 2 aliphatic rings. The van der Waals surface area contributed by atoms with E-state index in [1.807, 2.05) is 18.2 Å². The van der Waals surface area contributed by atoms with Crippen LogP contribution in [0.15, 0.2) is 264 Å². The quantitative estimate of drug-likeness (QED) is 0.159. The first-order valence-electron chi connectivity index (χ1n) is 24.5. The summed E-state index contributed by atoms with van der Waals surface area (Å²) in [5.41, 5.74) is 17.9. The third-order valence-electron chi connectivity index (χ3n) is 14.9. The van der Waals surface area contributed by atoms with E-state index in [1.165, 1.54) is 22.3 Å². The van der Waals surface area contributed by atoms with Gasteiger partial charge in [0.2, 0.25) is 0 Å². The van der Waals surface area contributed by atoms with E-state index in [4.69, 9.17) is 13.6 Å². The summed E-state index contributed by atoms with van der Waals surface area (Å²) in [6, 6.07) is 90.7. The molecule has 0 amide bonds. The van der Waals surface area contributed by atoms with Crippen LogP contribution in [0.3, 0.4) is 0 Å². The van der Waals surface area contributed by atoms with Crippen LogP contribution in [0.25, 0.3) is 66.1 Å². The van der Waals surface area contributed by atoms with Gasteiger partial charge in [0.05, 0.1) is 16.5 Å². The molecule has 0 unspecified atom stereocenters. The fourth-order valence-electron chi connectivity index (χ4n) is 11.9. The highest BCUT2D eigenvalue weighted by Crippen LogP contribution is 2.62. The maximum Gasteiger partial charge on any atom is 0.138 e. The van der Waals surface area contributed by atoms with Gasteiger partial charge >= 0.3 is 0 Å². The molecule has 0 bridgehead atoms. The van der Waals surface area contributed by atoms with Crippen molar-refractivity contribution in [1.29, 1.82) is 0 Å². The van der Waals surface area contributed by atoms with Crippen LogP contribution < -0.4 is 14.5 Å². The van der Waals surface area contributed by atoms with Crippen LogP contribution in [0.1, 0.15) is 22.3 Å². The Morgan fingerprint density at radius 3 is 1.58 bits per heavy atom. The van der Waals surface area contributed by atoms with Crippen molar-refractivity contribution in [2.45, 2.75) is 5.41 Å². The molecule has 1 aliphatic carbocycles. The van der Waals surface area contributed by atoms with E-state index >= 15 is 0 Å². The monoisotopic (exact) mass is 922 g/mol. The minimum Gasteiger partial charge on any atom is -0.457 e. The van der Waals surface area contributed by atoms with E-state index < -0.39 is 5.41 Å². The third kappa shape index (κ3) is 5.95. The second kappa shape index (κ2) is 15.7. The van der Waals surface area contributed by atoms with Crippen molar-refractivity contribution in [3.8, 4) is 33.8 Å². The number of rotatable bonds is 7. The minimum absolute atomic E-state index is 0.597. The molecule has 5 heteroatoms. The summed E-state index contributed by atoms with van der Waals surface area (Å²) < 4.78 is 20.7. The van der Waals surface area contributed by atoms with Crippen LogP contribution >= 0.6 is 0 Å². The van der Waals surface area contributed by atoms with Gasteiger partial charge in [-0.05, 0) is 118 Å². The fraction of sp³-hybridized carbons (Fsp3) is 0.0149. The van der Waals surface area contributed by atoms with Crippen LogP contribution in [-0.4, -0.2) is 0 Å². The number of ether oxygens (including phenoxy) is 1. The van der Waals surface area contributed by atoms with E-state index in [0.29, 0.717) is 0 Å². The highest BCUT2D eigenvalue weighted by Gasteiger charge is 2.51. The summed E-state index contributed by atoms with van der Waals surface area (Å²) in [6.45, 7) is 0. The standard InChI is InChI=1S/C67H42N2O3/c1-3-19-45(20-4-1)68(46-21-5-2-6-22-46)47-23-17-18-43(38-47)44-39-59(66-54-27-10-15-32-61(54)71-65(66)40-44)69(48-34-36-53-52-26-9-14-31-60(52)70-63(53)41-48)49-35-37-58-64(42-49)72-62-33-16-13-30-57(62)67(58)55-28-11-7-24-50(55)51-25-8-12-29-56(51)67/h1-42H. The molecule has 2 aromatic heterocycles. The van der Waals surface area contributed by atoms with Crippen molar-refractivity contribution >= 4 is 78.0 Å². The number of para-hydroxylation sites is 5. The molecular formula is C67H42N2O3. The maximum absolute atomic E-state index is 7.14. The highest BCUT2D eigenvalue weighted by molar-refractivity contribution is 6.15. The Morgan fingerprint density at radius 2 is 0.833 bits per heavy atom. The summed E-state index contributed by atoms with van der Waals surface area (Å²) in [5, 5.41) is 4.17. The van der Waals surface area contributed by atoms with Crippen molar-refractivity contribution in [3.05, 3.63) is 277 Å². The summed E-state index contributed by atoms with van der Waals surface area (Å²) in [5.74, 6) is 1.64. The van der Waals surface area contributed by atoms with Gasteiger partial charge < -0.3 is 23.4 Å². The third-order valence-corrected chi connectivity index (χ3v) is 14.9. The van der Waals surface area contributed by atoms with Gasteiger partial charge in [-0.3, -0.25) is 0 Å². The Bertz CT molecular complexity index is 4200. The van der Waals surface area contributed by atoms with Gasteiger partial charge in [-0.15, -0.1) is 0 Å². The molecule has 1 aliphatic heterocycles. The Hall–Kier alpha value is -9.58. The predicted molar refractivity (Wildman–Crippen MR) is 293 cm³/mol. The number of anilines is 6. The van der Waals surface area contributed by atoms with Crippen molar-refractivity contribution in [3.63, 3.8) is 0 Å². The molecule has 0 fully saturated rings. The lowest BCUT2D eigenvalue weighted by molar-refractivity contribution is 0.436. The van der Waals surface area contributed by atoms with Gasteiger partial charge in [0.1, 0.15) is 33.8 Å². The molecule has 0 atom stereocenters. The molecular weight excluding hydrogens is 881 g/mol. The normalized spacial score (nSPS) is 12.9. The average molecular weight is 923 g/mol. The first-order valence-corrected chi connectivity index (χ1v) is 24.5. The zero-order chi connectivity index (χ0) is 47.3. The van der Waals surface area contributed by atoms with E-state index in [-0.39, 0.29) is 0 Å². The van der Waals surface area contributed by atoms with E-state index in [0.717, 1.165) is 112 Å². The number of nitrogens with zero attached hydrogens (tertiary/aromatic N) is 2. The number of benzene rings is 11. The lowest BCUT2D eigenvalue weighted by Crippen LogP contribution is -2.32. The second-order valence-electron chi connectivity index (χ2n) is 18.8. The Labute approximate surface area is 415 Å².